The van der Waals surface area contributed by atoms with Gasteiger partial charge in [-0.1, -0.05) is 26.8 Å². The molecule has 0 aromatic heterocycles. The fraction of sp³-hybridized carbons (Fsp3) is 0.611. The molecule has 0 aliphatic carbocycles. The second-order valence-corrected chi connectivity index (χ2v) is 8.35. The number of hydrogen-bond donors (Lipinski definition) is 1. The first-order valence-corrected chi connectivity index (χ1v) is 10.3. The van der Waals surface area contributed by atoms with Gasteiger partial charge in [-0.05, 0) is 37.5 Å². The highest BCUT2D eigenvalue weighted by atomic mass is 32.2. The minimum Gasteiger partial charge on any atom is -0.394 e. The molecule has 7 heteroatoms. The summed E-state index contributed by atoms with van der Waals surface area (Å²) in [6, 6.07) is 6.21. The van der Waals surface area contributed by atoms with Crippen LogP contribution in [0.5, 0.6) is 0 Å². The molecule has 140 valence electrons. The topological polar surface area (TPSA) is 77.9 Å². The number of aliphatic hydroxyl groups excluding tert-OH is 1. The predicted molar refractivity (Wildman–Crippen MR) is 96.9 cm³/mol. The first kappa shape index (κ1) is 19.9. The van der Waals surface area contributed by atoms with Crippen molar-refractivity contribution in [2.75, 3.05) is 26.2 Å². The fourth-order valence-corrected chi connectivity index (χ4v) is 5.06. The standard InChI is InChI=1S/C18H28N2O4S/c1-4-18(14-21)11-8-12-20(18)17(22)15-9-7-10-16(13-15)25(23,24)19(5-2)6-3/h7,9-10,13,21H,4-6,8,11-12,14H2,1-3H3. The molecule has 1 aliphatic heterocycles. The van der Waals surface area contributed by atoms with Crippen molar-refractivity contribution in [1.29, 1.82) is 0 Å². The Morgan fingerprint density at radius 3 is 2.52 bits per heavy atom. The summed E-state index contributed by atoms with van der Waals surface area (Å²) in [5, 5.41) is 9.81. The van der Waals surface area contributed by atoms with Crippen molar-refractivity contribution in [1.82, 2.24) is 9.21 Å². The summed E-state index contributed by atoms with van der Waals surface area (Å²) >= 11 is 0. The second kappa shape index (κ2) is 7.85. The smallest absolute Gasteiger partial charge is 0.254 e. The van der Waals surface area contributed by atoms with Crippen molar-refractivity contribution >= 4 is 15.9 Å². The highest BCUT2D eigenvalue weighted by molar-refractivity contribution is 7.89. The van der Waals surface area contributed by atoms with Gasteiger partial charge in [-0.3, -0.25) is 4.79 Å². The molecule has 1 fully saturated rings. The van der Waals surface area contributed by atoms with Crippen molar-refractivity contribution in [3.8, 4) is 0 Å². The number of amides is 1. The van der Waals surface area contributed by atoms with E-state index in [9.17, 15) is 18.3 Å². The number of sulfonamides is 1. The lowest BCUT2D eigenvalue weighted by Crippen LogP contribution is -2.49. The summed E-state index contributed by atoms with van der Waals surface area (Å²) in [5.74, 6) is -0.218. The molecule has 1 saturated heterocycles. The van der Waals surface area contributed by atoms with Gasteiger partial charge in [0.05, 0.1) is 17.0 Å². The Morgan fingerprint density at radius 2 is 1.96 bits per heavy atom. The van der Waals surface area contributed by atoms with Gasteiger partial charge in [0.25, 0.3) is 5.91 Å². The van der Waals surface area contributed by atoms with Crippen molar-refractivity contribution in [3.05, 3.63) is 29.8 Å². The van der Waals surface area contributed by atoms with Crippen LogP contribution in [0.15, 0.2) is 29.2 Å². The van der Waals surface area contributed by atoms with E-state index in [2.05, 4.69) is 0 Å². The third-order valence-corrected chi connectivity index (χ3v) is 7.26. The highest BCUT2D eigenvalue weighted by Gasteiger charge is 2.42. The number of carbonyl (C=O) groups is 1. The van der Waals surface area contributed by atoms with E-state index in [4.69, 9.17) is 0 Å². The van der Waals surface area contributed by atoms with Gasteiger partial charge in [0.2, 0.25) is 10.0 Å². The molecule has 1 aliphatic rings. The van der Waals surface area contributed by atoms with Gasteiger partial charge in [0, 0.05) is 25.2 Å². The van der Waals surface area contributed by atoms with Gasteiger partial charge in [-0.15, -0.1) is 0 Å². The average molecular weight is 368 g/mol. The molecule has 1 N–H and O–H groups in total. The first-order chi connectivity index (χ1) is 11.9. The third-order valence-electron chi connectivity index (χ3n) is 5.22. The summed E-state index contributed by atoms with van der Waals surface area (Å²) in [6.07, 6.45) is 2.29. The third kappa shape index (κ3) is 3.59. The van der Waals surface area contributed by atoms with E-state index < -0.39 is 15.6 Å². The van der Waals surface area contributed by atoms with Gasteiger partial charge in [-0.25, -0.2) is 8.42 Å². The molecular formula is C18H28N2O4S. The molecule has 0 bridgehead atoms. The molecule has 1 heterocycles. The summed E-state index contributed by atoms with van der Waals surface area (Å²) in [4.78, 5) is 14.8. The van der Waals surface area contributed by atoms with Crippen LogP contribution >= 0.6 is 0 Å². The van der Waals surface area contributed by atoms with Crippen LogP contribution in [0, 0.1) is 0 Å². The molecular weight excluding hydrogens is 340 g/mol. The maximum absolute atomic E-state index is 13.0. The molecule has 1 atom stereocenters. The van der Waals surface area contributed by atoms with Crippen LogP contribution in [-0.4, -0.2) is 60.4 Å². The van der Waals surface area contributed by atoms with E-state index in [1.807, 2.05) is 6.92 Å². The second-order valence-electron chi connectivity index (χ2n) is 6.41. The zero-order valence-electron chi connectivity index (χ0n) is 15.2. The van der Waals surface area contributed by atoms with Crippen LogP contribution in [0.4, 0.5) is 0 Å². The van der Waals surface area contributed by atoms with E-state index in [0.717, 1.165) is 12.8 Å². The van der Waals surface area contributed by atoms with Gasteiger partial charge < -0.3 is 10.0 Å². The lowest BCUT2D eigenvalue weighted by atomic mass is 9.93. The first-order valence-electron chi connectivity index (χ1n) is 8.89. The zero-order valence-corrected chi connectivity index (χ0v) is 16.1. The minimum atomic E-state index is -3.61. The maximum atomic E-state index is 13.0. The number of nitrogens with zero attached hydrogens (tertiary/aromatic N) is 2. The van der Waals surface area contributed by atoms with Gasteiger partial charge in [0.1, 0.15) is 0 Å². The summed E-state index contributed by atoms with van der Waals surface area (Å²) in [5.41, 5.74) is -0.188. The molecule has 0 saturated carbocycles. The van der Waals surface area contributed by atoms with Gasteiger partial charge in [0.15, 0.2) is 0 Å². The highest BCUT2D eigenvalue weighted by Crippen LogP contribution is 2.33. The Bertz CT molecular complexity index is 710. The molecule has 0 radical (unpaired) electrons. The average Bonchev–Trinajstić information content (AvgIpc) is 3.06. The zero-order chi connectivity index (χ0) is 18.7. The van der Waals surface area contributed by atoms with Crippen LogP contribution in [-0.2, 0) is 10.0 Å². The Balaban J connectivity index is 2.37. The maximum Gasteiger partial charge on any atom is 0.254 e. The van der Waals surface area contributed by atoms with Crippen LogP contribution in [0.2, 0.25) is 0 Å². The van der Waals surface area contributed by atoms with E-state index in [0.29, 0.717) is 31.6 Å². The van der Waals surface area contributed by atoms with E-state index >= 15 is 0 Å². The fourth-order valence-electron chi connectivity index (χ4n) is 3.56. The molecule has 1 aromatic rings. The van der Waals surface area contributed by atoms with E-state index in [1.165, 1.54) is 16.4 Å². The van der Waals surface area contributed by atoms with E-state index in [1.54, 1.807) is 30.9 Å². The predicted octanol–water partition coefficient (Wildman–Crippen LogP) is 2.09. The summed E-state index contributed by atoms with van der Waals surface area (Å²) in [6.45, 7) is 6.81. The quantitative estimate of drug-likeness (QED) is 0.799. The number of likely N-dealkylation sites (tertiary alicyclic amines) is 1. The number of benzene rings is 1. The van der Waals surface area contributed by atoms with Crippen molar-refractivity contribution < 1.29 is 18.3 Å². The number of rotatable bonds is 7. The monoisotopic (exact) mass is 368 g/mol. The molecule has 25 heavy (non-hydrogen) atoms. The van der Waals surface area contributed by atoms with Crippen molar-refractivity contribution in [2.24, 2.45) is 0 Å². The Hall–Kier alpha value is -1.44. The molecule has 6 nitrogen and oxygen atoms in total. The number of aliphatic hydroxyl groups is 1. The van der Waals surface area contributed by atoms with Crippen LogP contribution in [0.1, 0.15) is 50.4 Å². The summed E-state index contributed by atoms with van der Waals surface area (Å²) in [7, 11) is -3.61. The van der Waals surface area contributed by atoms with Crippen molar-refractivity contribution in [3.63, 3.8) is 0 Å². The lowest BCUT2D eigenvalue weighted by Gasteiger charge is -2.36. The summed E-state index contributed by atoms with van der Waals surface area (Å²) < 4.78 is 26.8. The minimum absolute atomic E-state index is 0.0767. The van der Waals surface area contributed by atoms with Crippen molar-refractivity contribution in [2.45, 2.75) is 50.5 Å². The number of carbonyl (C=O) groups excluding carboxylic acids is 1. The molecule has 2 rings (SSSR count). The Morgan fingerprint density at radius 1 is 1.28 bits per heavy atom. The van der Waals surface area contributed by atoms with Crippen LogP contribution < -0.4 is 0 Å². The van der Waals surface area contributed by atoms with Crippen LogP contribution in [0.25, 0.3) is 0 Å². The van der Waals surface area contributed by atoms with Gasteiger partial charge in [-0.2, -0.15) is 4.31 Å². The lowest BCUT2D eigenvalue weighted by molar-refractivity contribution is 0.0397. The molecule has 1 aromatic carbocycles. The Kier molecular flexibility index (Phi) is 6.24. The molecule has 0 spiro atoms. The van der Waals surface area contributed by atoms with E-state index in [-0.39, 0.29) is 17.4 Å². The SMILES string of the molecule is CCN(CC)S(=O)(=O)c1cccc(C(=O)N2CCCC2(CC)CO)c1. The van der Waals surface area contributed by atoms with Crippen LogP contribution in [0.3, 0.4) is 0 Å². The largest absolute Gasteiger partial charge is 0.394 e. The number of hydrogen-bond acceptors (Lipinski definition) is 4. The molecule has 1 unspecified atom stereocenters. The molecule has 1 amide bonds. The Labute approximate surface area is 150 Å². The van der Waals surface area contributed by atoms with Gasteiger partial charge >= 0.3 is 0 Å². The normalized spacial score (nSPS) is 21.1.